The van der Waals surface area contributed by atoms with Crippen LogP contribution >= 0.6 is 0 Å². The highest BCUT2D eigenvalue weighted by Crippen LogP contribution is 2.37. The first kappa shape index (κ1) is 16.1. The Kier molecular flexibility index (Phi) is 4.01. The molecule has 0 spiro atoms. The molecule has 0 saturated carbocycles. The molecule has 3 rings (SSSR count). The van der Waals surface area contributed by atoms with E-state index < -0.39 is 11.9 Å². The first-order valence-corrected chi connectivity index (χ1v) is 7.73. The van der Waals surface area contributed by atoms with Gasteiger partial charge in [0.05, 0.1) is 7.11 Å². The molecule has 1 N–H and O–H groups in total. The molecule has 2 aromatic carbocycles. The third kappa shape index (κ3) is 2.52. The first-order chi connectivity index (χ1) is 11.4. The second-order valence-electron chi connectivity index (χ2n) is 6.01. The molecule has 2 aromatic rings. The number of amides is 1. The molecule has 1 atom stereocenters. The van der Waals surface area contributed by atoms with Gasteiger partial charge in [0.15, 0.2) is 0 Å². The van der Waals surface area contributed by atoms with Gasteiger partial charge in [0.1, 0.15) is 11.7 Å². The number of aliphatic carboxylic acids is 1. The van der Waals surface area contributed by atoms with Crippen LogP contribution in [-0.4, -0.2) is 30.6 Å². The van der Waals surface area contributed by atoms with Crippen molar-refractivity contribution in [1.29, 1.82) is 0 Å². The van der Waals surface area contributed by atoms with E-state index in [9.17, 15) is 14.7 Å². The smallest absolute Gasteiger partial charge is 0.312 e. The molecule has 1 unspecified atom stereocenters. The number of methoxy groups -OCH3 is 1. The van der Waals surface area contributed by atoms with Crippen molar-refractivity contribution in [2.45, 2.75) is 19.8 Å². The number of benzene rings is 2. The van der Waals surface area contributed by atoms with Gasteiger partial charge in [0.25, 0.3) is 5.91 Å². The monoisotopic (exact) mass is 325 g/mol. The quantitative estimate of drug-likeness (QED) is 0.941. The third-order valence-electron chi connectivity index (χ3n) is 4.42. The maximum absolute atomic E-state index is 13.0. The number of hydrogen-bond acceptors (Lipinski definition) is 3. The minimum absolute atomic E-state index is 0.150. The molecular weight excluding hydrogens is 306 g/mol. The van der Waals surface area contributed by atoms with Gasteiger partial charge in [-0.15, -0.1) is 0 Å². The molecule has 1 heterocycles. The normalized spacial score (nSPS) is 16.0. The maximum Gasteiger partial charge on any atom is 0.312 e. The molecule has 0 aliphatic carbocycles. The van der Waals surface area contributed by atoms with Gasteiger partial charge < -0.3 is 14.7 Å². The van der Waals surface area contributed by atoms with Crippen LogP contribution < -0.4 is 9.64 Å². The first-order valence-electron chi connectivity index (χ1n) is 7.73. The molecule has 24 heavy (non-hydrogen) atoms. The van der Waals surface area contributed by atoms with E-state index in [-0.39, 0.29) is 12.5 Å². The lowest BCUT2D eigenvalue weighted by atomic mass is 10.0. The van der Waals surface area contributed by atoms with Crippen LogP contribution in [0.2, 0.25) is 0 Å². The van der Waals surface area contributed by atoms with Crippen LogP contribution in [0.5, 0.6) is 5.75 Å². The Bertz CT molecular complexity index is 805. The van der Waals surface area contributed by atoms with Gasteiger partial charge in [-0.1, -0.05) is 18.2 Å². The number of carboxylic acids is 1. The predicted octanol–water partition coefficient (Wildman–Crippen LogP) is 3.14. The Hall–Kier alpha value is -2.82. The van der Waals surface area contributed by atoms with Crippen molar-refractivity contribution in [1.82, 2.24) is 0 Å². The van der Waals surface area contributed by atoms with Gasteiger partial charge in [-0.2, -0.15) is 0 Å². The van der Waals surface area contributed by atoms with E-state index in [4.69, 9.17) is 4.74 Å². The van der Waals surface area contributed by atoms with Gasteiger partial charge in [-0.25, -0.2) is 0 Å². The summed E-state index contributed by atoms with van der Waals surface area (Å²) in [5.41, 5.74) is 3.64. The summed E-state index contributed by atoms with van der Waals surface area (Å²) in [6.45, 7) is 3.93. The van der Waals surface area contributed by atoms with Gasteiger partial charge in [-0.3, -0.25) is 9.59 Å². The molecule has 5 nitrogen and oxygen atoms in total. The van der Waals surface area contributed by atoms with Crippen molar-refractivity contribution in [2.24, 2.45) is 0 Å². The summed E-state index contributed by atoms with van der Waals surface area (Å²) in [6, 6.07) is 10.7. The highest BCUT2D eigenvalue weighted by molar-refractivity contribution is 6.09. The SMILES string of the molecule is COc1c(C)cc(C(=O)N2CC(C(=O)O)c3ccccc32)cc1C. The highest BCUT2D eigenvalue weighted by Gasteiger charge is 2.36. The summed E-state index contributed by atoms with van der Waals surface area (Å²) in [7, 11) is 1.60. The number of para-hydroxylation sites is 1. The van der Waals surface area contributed by atoms with E-state index in [1.54, 1.807) is 42.3 Å². The van der Waals surface area contributed by atoms with E-state index in [1.165, 1.54) is 0 Å². The Morgan fingerprint density at radius 2 is 1.79 bits per heavy atom. The largest absolute Gasteiger partial charge is 0.496 e. The number of ether oxygens (including phenoxy) is 1. The van der Waals surface area contributed by atoms with Crippen molar-refractivity contribution < 1.29 is 19.4 Å². The van der Waals surface area contributed by atoms with Crippen molar-refractivity contribution in [2.75, 3.05) is 18.6 Å². The number of carbonyl (C=O) groups excluding carboxylic acids is 1. The zero-order valence-corrected chi connectivity index (χ0v) is 13.9. The fraction of sp³-hybridized carbons (Fsp3) is 0.263. The van der Waals surface area contributed by atoms with E-state index in [2.05, 4.69) is 0 Å². The summed E-state index contributed by atoms with van der Waals surface area (Å²) in [5, 5.41) is 9.43. The summed E-state index contributed by atoms with van der Waals surface area (Å²) in [4.78, 5) is 26.0. The average molecular weight is 325 g/mol. The average Bonchev–Trinajstić information content (AvgIpc) is 2.93. The molecule has 0 aromatic heterocycles. The van der Waals surface area contributed by atoms with Crippen LogP contribution in [0.4, 0.5) is 5.69 Å². The number of carbonyl (C=O) groups is 2. The standard InChI is InChI=1S/C19H19NO4/c1-11-8-13(9-12(2)17(11)24-3)18(21)20-10-15(19(22)23)14-6-4-5-7-16(14)20/h4-9,15H,10H2,1-3H3,(H,22,23). The number of aryl methyl sites for hydroxylation is 2. The van der Waals surface area contributed by atoms with E-state index >= 15 is 0 Å². The Morgan fingerprint density at radius 1 is 1.17 bits per heavy atom. The van der Waals surface area contributed by atoms with Crippen LogP contribution in [0.3, 0.4) is 0 Å². The van der Waals surface area contributed by atoms with Crippen molar-refractivity contribution >= 4 is 17.6 Å². The zero-order valence-electron chi connectivity index (χ0n) is 13.9. The van der Waals surface area contributed by atoms with Crippen molar-refractivity contribution in [3.05, 3.63) is 58.7 Å². The Morgan fingerprint density at radius 3 is 2.38 bits per heavy atom. The predicted molar refractivity (Wildman–Crippen MR) is 91.0 cm³/mol. The molecule has 1 aliphatic heterocycles. The van der Waals surface area contributed by atoms with Crippen molar-refractivity contribution in [3.63, 3.8) is 0 Å². The number of rotatable bonds is 3. The topological polar surface area (TPSA) is 66.8 Å². The minimum atomic E-state index is -0.917. The lowest BCUT2D eigenvalue weighted by Crippen LogP contribution is -2.31. The summed E-state index contributed by atoms with van der Waals surface area (Å²) in [5.74, 6) is -1.04. The molecule has 124 valence electrons. The highest BCUT2D eigenvalue weighted by atomic mass is 16.5. The third-order valence-corrected chi connectivity index (χ3v) is 4.42. The molecule has 0 bridgehead atoms. The summed E-state index contributed by atoms with van der Waals surface area (Å²) < 4.78 is 5.34. The fourth-order valence-electron chi connectivity index (χ4n) is 3.36. The van der Waals surface area contributed by atoms with E-state index in [0.29, 0.717) is 16.8 Å². The number of nitrogens with zero attached hydrogens (tertiary/aromatic N) is 1. The van der Waals surface area contributed by atoms with Crippen LogP contribution in [0.1, 0.15) is 33.0 Å². The second-order valence-corrected chi connectivity index (χ2v) is 6.01. The fourth-order valence-corrected chi connectivity index (χ4v) is 3.36. The lowest BCUT2D eigenvalue weighted by Gasteiger charge is -2.19. The molecular formula is C19H19NO4. The van der Waals surface area contributed by atoms with Crippen molar-refractivity contribution in [3.8, 4) is 5.75 Å². The van der Waals surface area contributed by atoms with Gasteiger partial charge >= 0.3 is 5.97 Å². The zero-order chi connectivity index (χ0) is 17.4. The van der Waals surface area contributed by atoms with Crippen LogP contribution in [0.15, 0.2) is 36.4 Å². The van der Waals surface area contributed by atoms with E-state index in [0.717, 1.165) is 16.9 Å². The van der Waals surface area contributed by atoms with Gasteiger partial charge in [0, 0.05) is 17.8 Å². The number of hydrogen-bond donors (Lipinski definition) is 1. The molecule has 1 aliphatic rings. The summed E-state index contributed by atoms with van der Waals surface area (Å²) >= 11 is 0. The maximum atomic E-state index is 13.0. The Labute approximate surface area is 140 Å². The summed E-state index contributed by atoms with van der Waals surface area (Å²) in [6.07, 6.45) is 0. The second kappa shape index (κ2) is 6.00. The van der Waals surface area contributed by atoms with Crippen LogP contribution in [0.25, 0.3) is 0 Å². The van der Waals surface area contributed by atoms with Crippen LogP contribution in [0, 0.1) is 13.8 Å². The van der Waals surface area contributed by atoms with Gasteiger partial charge in [-0.05, 0) is 48.7 Å². The lowest BCUT2D eigenvalue weighted by molar-refractivity contribution is -0.138. The molecule has 0 radical (unpaired) electrons. The molecule has 1 amide bonds. The molecule has 0 fully saturated rings. The van der Waals surface area contributed by atoms with Gasteiger partial charge in [0.2, 0.25) is 0 Å². The molecule has 0 saturated heterocycles. The minimum Gasteiger partial charge on any atom is -0.496 e. The number of fused-ring (bicyclic) bond motifs is 1. The Balaban J connectivity index is 2.01. The van der Waals surface area contributed by atoms with E-state index in [1.807, 2.05) is 19.9 Å². The number of carboxylic acid groups (broad SMARTS) is 1. The number of anilines is 1. The molecule has 5 heteroatoms. The van der Waals surface area contributed by atoms with Crippen LogP contribution in [-0.2, 0) is 4.79 Å².